The molecule has 0 aliphatic carbocycles. The summed E-state index contributed by atoms with van der Waals surface area (Å²) in [5.74, 6) is -0.184. The predicted octanol–water partition coefficient (Wildman–Crippen LogP) is 8.38. The number of amides is 1. The Hall–Kier alpha value is -1.02. The standard InChI is InChI=1S/C36H71N2O6P/c1-6-8-10-12-14-16-18-19-20-22-24-26-28-30-36(40)37-34(33-44-45(41,42)43-32-31-38(3,4)5)35(39)29-27-25-23-21-17-15-13-11-9-7-2/h10,12,16,18,34-35,39H,6-9,11,13-15,17,19-33H2,1-5H3,(H-,37,40,41,42)/b12-10-,18-16-. The lowest BCUT2D eigenvalue weighted by molar-refractivity contribution is -0.870. The van der Waals surface area contributed by atoms with Gasteiger partial charge in [-0.05, 0) is 38.5 Å². The number of unbranched alkanes of at least 4 members (excludes halogenated alkanes) is 15. The molecular formula is C36H71N2O6P. The van der Waals surface area contributed by atoms with Crippen molar-refractivity contribution >= 4 is 13.7 Å². The Bertz CT molecular complexity index is 799. The smallest absolute Gasteiger partial charge is 0.268 e. The molecule has 0 saturated heterocycles. The van der Waals surface area contributed by atoms with E-state index in [1.807, 2.05) is 21.1 Å². The number of hydrogen-bond donors (Lipinski definition) is 2. The number of quaternary nitrogens is 1. The number of rotatable bonds is 32. The summed E-state index contributed by atoms with van der Waals surface area (Å²) in [6.45, 7) is 4.59. The predicted molar refractivity (Wildman–Crippen MR) is 187 cm³/mol. The van der Waals surface area contributed by atoms with Gasteiger partial charge in [0.05, 0.1) is 39.9 Å². The van der Waals surface area contributed by atoms with Crippen LogP contribution in [0.3, 0.4) is 0 Å². The molecule has 0 fully saturated rings. The van der Waals surface area contributed by atoms with E-state index in [-0.39, 0.29) is 19.1 Å². The second kappa shape index (κ2) is 29.1. The van der Waals surface area contributed by atoms with Gasteiger partial charge in [-0.25, -0.2) is 0 Å². The molecule has 0 rings (SSSR count). The number of allylic oxidation sites excluding steroid dienone is 4. The van der Waals surface area contributed by atoms with Crippen molar-refractivity contribution in [2.75, 3.05) is 40.9 Å². The lowest BCUT2D eigenvalue weighted by atomic mass is 10.0. The van der Waals surface area contributed by atoms with Crippen molar-refractivity contribution in [3.05, 3.63) is 24.3 Å². The Morgan fingerprint density at radius 3 is 1.93 bits per heavy atom. The van der Waals surface area contributed by atoms with Crippen molar-refractivity contribution in [3.8, 4) is 0 Å². The van der Waals surface area contributed by atoms with Crippen LogP contribution < -0.4 is 10.2 Å². The van der Waals surface area contributed by atoms with Crippen LogP contribution in [0.5, 0.6) is 0 Å². The van der Waals surface area contributed by atoms with E-state index in [0.717, 1.165) is 70.6 Å². The highest BCUT2D eigenvalue weighted by atomic mass is 31.2. The molecule has 45 heavy (non-hydrogen) atoms. The molecule has 0 aliphatic rings. The maximum Gasteiger partial charge on any atom is 0.268 e. The first-order valence-electron chi connectivity index (χ1n) is 18.2. The number of phosphoric ester groups is 1. The van der Waals surface area contributed by atoms with Crippen molar-refractivity contribution in [3.63, 3.8) is 0 Å². The minimum atomic E-state index is -4.55. The van der Waals surface area contributed by atoms with E-state index in [1.54, 1.807) is 0 Å². The molecule has 9 heteroatoms. The molecule has 0 aliphatic heterocycles. The van der Waals surface area contributed by atoms with Crippen LogP contribution in [0.1, 0.15) is 149 Å². The fourth-order valence-corrected chi connectivity index (χ4v) is 5.68. The van der Waals surface area contributed by atoms with Gasteiger partial charge in [-0.1, -0.05) is 128 Å². The molecule has 0 bridgehead atoms. The first kappa shape index (κ1) is 44.0. The Morgan fingerprint density at radius 2 is 1.33 bits per heavy atom. The van der Waals surface area contributed by atoms with E-state index in [0.29, 0.717) is 23.9 Å². The fourth-order valence-electron chi connectivity index (χ4n) is 4.96. The summed E-state index contributed by atoms with van der Waals surface area (Å²) in [4.78, 5) is 25.1. The number of nitrogens with zero attached hydrogens (tertiary/aromatic N) is 1. The van der Waals surface area contributed by atoms with Gasteiger partial charge in [0, 0.05) is 6.42 Å². The molecule has 1 amide bonds. The highest BCUT2D eigenvalue weighted by Gasteiger charge is 2.24. The Kier molecular flexibility index (Phi) is 28.5. The molecule has 0 aromatic carbocycles. The van der Waals surface area contributed by atoms with E-state index in [4.69, 9.17) is 9.05 Å². The Labute approximate surface area is 277 Å². The summed E-state index contributed by atoms with van der Waals surface area (Å²) < 4.78 is 23.1. The third kappa shape index (κ3) is 31.4. The summed E-state index contributed by atoms with van der Waals surface area (Å²) in [7, 11) is 1.29. The Morgan fingerprint density at radius 1 is 0.778 bits per heavy atom. The maximum absolute atomic E-state index is 12.7. The largest absolute Gasteiger partial charge is 0.756 e. The van der Waals surface area contributed by atoms with Crippen LogP contribution in [0.2, 0.25) is 0 Å². The minimum absolute atomic E-state index is 0.00907. The second-order valence-corrected chi connectivity index (χ2v) is 15.0. The van der Waals surface area contributed by atoms with Crippen molar-refractivity contribution in [2.45, 2.75) is 161 Å². The van der Waals surface area contributed by atoms with Crippen LogP contribution in [0, 0.1) is 0 Å². The van der Waals surface area contributed by atoms with Crippen molar-refractivity contribution in [1.29, 1.82) is 0 Å². The fraction of sp³-hybridized carbons (Fsp3) is 0.861. The average Bonchev–Trinajstić information content (AvgIpc) is 2.97. The number of likely N-dealkylation sites (N-methyl/N-ethyl adjacent to an activating group) is 1. The zero-order valence-corrected chi connectivity index (χ0v) is 30.7. The first-order valence-corrected chi connectivity index (χ1v) is 19.6. The van der Waals surface area contributed by atoms with E-state index < -0.39 is 20.0 Å². The van der Waals surface area contributed by atoms with Gasteiger partial charge < -0.3 is 28.8 Å². The minimum Gasteiger partial charge on any atom is -0.756 e. The SMILES string of the molecule is CCC/C=C\C/C=C\CCCCCCCC(=O)NC(COP(=O)([O-])OCC[N+](C)(C)C)C(O)CCCCCCCCCCCC. The average molecular weight is 659 g/mol. The van der Waals surface area contributed by atoms with Crippen LogP contribution in [0.15, 0.2) is 24.3 Å². The molecular weight excluding hydrogens is 587 g/mol. The highest BCUT2D eigenvalue weighted by Crippen LogP contribution is 2.38. The summed E-state index contributed by atoms with van der Waals surface area (Å²) >= 11 is 0. The van der Waals surface area contributed by atoms with Gasteiger partial charge in [0.2, 0.25) is 5.91 Å². The number of hydrogen-bond acceptors (Lipinski definition) is 6. The monoisotopic (exact) mass is 659 g/mol. The van der Waals surface area contributed by atoms with Crippen LogP contribution >= 0.6 is 7.82 Å². The first-order chi connectivity index (χ1) is 21.5. The molecule has 0 spiro atoms. The molecule has 0 saturated carbocycles. The molecule has 8 nitrogen and oxygen atoms in total. The van der Waals surface area contributed by atoms with Crippen molar-refractivity contribution in [2.24, 2.45) is 0 Å². The summed E-state index contributed by atoms with van der Waals surface area (Å²) in [6.07, 6.45) is 30.3. The van der Waals surface area contributed by atoms with Gasteiger partial charge in [-0.2, -0.15) is 0 Å². The molecule has 2 N–H and O–H groups in total. The summed E-state index contributed by atoms with van der Waals surface area (Å²) in [5.41, 5.74) is 0. The van der Waals surface area contributed by atoms with Crippen LogP contribution in [-0.4, -0.2) is 68.5 Å². The third-order valence-corrected chi connectivity index (χ3v) is 8.89. The number of aliphatic hydroxyl groups is 1. The second-order valence-electron chi connectivity index (χ2n) is 13.6. The molecule has 0 radical (unpaired) electrons. The van der Waals surface area contributed by atoms with Gasteiger partial charge in [0.1, 0.15) is 13.2 Å². The molecule has 0 heterocycles. The van der Waals surface area contributed by atoms with E-state index in [2.05, 4.69) is 43.5 Å². The zero-order valence-electron chi connectivity index (χ0n) is 29.8. The maximum atomic E-state index is 12.7. The van der Waals surface area contributed by atoms with Crippen LogP contribution in [0.4, 0.5) is 0 Å². The highest BCUT2D eigenvalue weighted by molar-refractivity contribution is 7.45. The summed E-state index contributed by atoms with van der Waals surface area (Å²) in [5, 5.41) is 13.8. The topological polar surface area (TPSA) is 108 Å². The lowest BCUT2D eigenvalue weighted by Crippen LogP contribution is -2.46. The van der Waals surface area contributed by atoms with E-state index in [9.17, 15) is 19.4 Å². The molecule has 0 aromatic heterocycles. The molecule has 3 unspecified atom stereocenters. The Balaban J connectivity index is 4.52. The van der Waals surface area contributed by atoms with Gasteiger partial charge in [0.15, 0.2) is 0 Å². The third-order valence-electron chi connectivity index (χ3n) is 7.92. The van der Waals surface area contributed by atoms with Crippen LogP contribution in [-0.2, 0) is 18.4 Å². The van der Waals surface area contributed by atoms with E-state index >= 15 is 0 Å². The zero-order chi connectivity index (χ0) is 33.7. The number of aliphatic hydroxyl groups excluding tert-OH is 1. The number of phosphoric acid groups is 1. The molecule has 0 aromatic rings. The lowest BCUT2D eigenvalue weighted by Gasteiger charge is -2.30. The molecule has 266 valence electrons. The van der Waals surface area contributed by atoms with Gasteiger partial charge in [-0.3, -0.25) is 9.36 Å². The number of carbonyl (C=O) groups excluding carboxylic acids is 1. The van der Waals surface area contributed by atoms with Gasteiger partial charge in [0.25, 0.3) is 7.82 Å². The van der Waals surface area contributed by atoms with Gasteiger partial charge in [-0.15, -0.1) is 0 Å². The van der Waals surface area contributed by atoms with Crippen LogP contribution in [0.25, 0.3) is 0 Å². The quantitative estimate of drug-likeness (QED) is 0.0325. The summed E-state index contributed by atoms with van der Waals surface area (Å²) in [6, 6.07) is -0.802. The molecule has 3 atom stereocenters. The number of carbonyl (C=O) groups is 1. The number of nitrogens with one attached hydrogen (secondary N) is 1. The van der Waals surface area contributed by atoms with E-state index in [1.165, 1.54) is 51.4 Å². The van der Waals surface area contributed by atoms with Crippen molar-refractivity contribution < 1.29 is 32.9 Å². The normalized spacial score (nSPS) is 15.1. The van der Waals surface area contributed by atoms with Crippen molar-refractivity contribution in [1.82, 2.24) is 5.32 Å². The van der Waals surface area contributed by atoms with Gasteiger partial charge >= 0.3 is 0 Å².